The quantitative estimate of drug-likeness (QED) is 0.745. The Bertz CT molecular complexity index is 483. The average Bonchev–Trinajstić information content (AvgIpc) is 2.95. The average molecular weight is 299 g/mol. The van der Waals surface area contributed by atoms with Gasteiger partial charge in [-0.1, -0.05) is 0 Å². The number of aliphatic hydroxyl groups is 1. The highest BCUT2D eigenvalue weighted by molar-refractivity contribution is 8.04. The summed E-state index contributed by atoms with van der Waals surface area (Å²) in [5.41, 5.74) is 0.0809. The fourth-order valence-corrected chi connectivity index (χ4v) is 4.69. The van der Waals surface area contributed by atoms with Gasteiger partial charge in [0.2, 0.25) is 5.91 Å². The maximum absolute atomic E-state index is 12.0. The molecular weight excluding hydrogens is 282 g/mol. The third-order valence-corrected chi connectivity index (χ3v) is 5.40. The van der Waals surface area contributed by atoms with Crippen LogP contribution in [0, 0.1) is 5.92 Å². The molecule has 3 aliphatic heterocycles. The molecule has 2 unspecified atom stereocenters. The number of carboxylic acid groups (broad SMARTS) is 1. The van der Waals surface area contributed by atoms with Gasteiger partial charge in [0.15, 0.2) is 0 Å². The topological polar surface area (TPSA) is 87.1 Å². The number of nitrogens with zero attached hydrogens (tertiary/aromatic N) is 1. The molecule has 3 aliphatic rings. The SMILES string of the molecule is CC(O)[C@H]1C(=O)N2C(C(=O)O)=C(CC3CCCO3)S[C@H]12. The van der Waals surface area contributed by atoms with Crippen molar-refractivity contribution in [3.05, 3.63) is 10.6 Å². The lowest BCUT2D eigenvalue weighted by Gasteiger charge is -2.43. The van der Waals surface area contributed by atoms with Crippen LogP contribution in [0.1, 0.15) is 26.2 Å². The Morgan fingerprint density at radius 1 is 1.60 bits per heavy atom. The minimum atomic E-state index is -1.08. The van der Waals surface area contributed by atoms with E-state index in [-0.39, 0.29) is 23.1 Å². The maximum Gasteiger partial charge on any atom is 0.353 e. The zero-order chi connectivity index (χ0) is 14.4. The van der Waals surface area contributed by atoms with Crippen molar-refractivity contribution in [2.75, 3.05) is 6.61 Å². The Labute approximate surface area is 120 Å². The lowest BCUT2D eigenvalue weighted by atomic mass is 9.92. The van der Waals surface area contributed by atoms with Crippen LogP contribution in [0.15, 0.2) is 10.6 Å². The maximum atomic E-state index is 12.0. The van der Waals surface area contributed by atoms with E-state index < -0.39 is 18.0 Å². The lowest BCUT2D eigenvalue weighted by molar-refractivity contribution is -0.156. The van der Waals surface area contributed by atoms with E-state index in [1.807, 2.05) is 0 Å². The van der Waals surface area contributed by atoms with Crippen LogP contribution in [0.2, 0.25) is 0 Å². The van der Waals surface area contributed by atoms with Crippen LogP contribution < -0.4 is 0 Å². The summed E-state index contributed by atoms with van der Waals surface area (Å²) in [5.74, 6) is -1.88. The van der Waals surface area contributed by atoms with Crippen LogP contribution >= 0.6 is 11.8 Å². The summed E-state index contributed by atoms with van der Waals surface area (Å²) < 4.78 is 5.54. The number of thioether (sulfide) groups is 1. The van der Waals surface area contributed by atoms with E-state index in [2.05, 4.69) is 0 Å². The molecular formula is C13H17NO5S. The minimum absolute atomic E-state index is 0.0469. The van der Waals surface area contributed by atoms with Crippen LogP contribution in [0.3, 0.4) is 0 Å². The number of ether oxygens (including phenoxy) is 1. The van der Waals surface area contributed by atoms with Crippen molar-refractivity contribution in [2.24, 2.45) is 5.92 Å². The number of β-lactam (4-membered cyclic amide) rings is 1. The van der Waals surface area contributed by atoms with Crippen LogP contribution in [-0.2, 0) is 14.3 Å². The van der Waals surface area contributed by atoms with Crippen molar-refractivity contribution in [3.63, 3.8) is 0 Å². The molecule has 1 amide bonds. The Hall–Kier alpha value is -1.05. The first-order valence-electron chi connectivity index (χ1n) is 6.76. The standard InChI is InChI=1S/C13H17NO5S/c1-6(15)9-11(16)14-10(13(17)18)8(20-12(9)14)5-7-3-2-4-19-7/h6-7,9,12,15H,2-5H2,1H3,(H,17,18)/t6?,7?,9-,12+/m0/s1. The van der Waals surface area contributed by atoms with Crippen molar-refractivity contribution in [2.45, 2.75) is 43.8 Å². The van der Waals surface area contributed by atoms with E-state index in [1.165, 1.54) is 16.7 Å². The predicted octanol–water partition coefficient (Wildman–Crippen LogP) is 0.764. The summed E-state index contributed by atoms with van der Waals surface area (Å²) >= 11 is 1.39. The number of aliphatic hydroxyl groups excluding tert-OH is 1. The van der Waals surface area contributed by atoms with Crippen molar-refractivity contribution < 1.29 is 24.5 Å². The molecule has 2 fully saturated rings. The highest BCUT2D eigenvalue weighted by Crippen LogP contribution is 2.51. The molecule has 20 heavy (non-hydrogen) atoms. The fourth-order valence-electron chi connectivity index (χ4n) is 3.01. The molecule has 3 rings (SSSR count). The first-order valence-corrected chi connectivity index (χ1v) is 7.64. The summed E-state index contributed by atoms with van der Waals surface area (Å²) in [7, 11) is 0. The molecule has 0 aromatic carbocycles. The fraction of sp³-hybridized carbons (Fsp3) is 0.692. The highest BCUT2D eigenvalue weighted by atomic mass is 32.2. The van der Waals surface area contributed by atoms with Gasteiger partial charge in [0.1, 0.15) is 11.1 Å². The Kier molecular flexibility index (Phi) is 3.51. The Morgan fingerprint density at radius 2 is 2.35 bits per heavy atom. The number of hydrogen-bond acceptors (Lipinski definition) is 5. The van der Waals surface area contributed by atoms with Gasteiger partial charge in [-0.3, -0.25) is 9.69 Å². The summed E-state index contributed by atoms with van der Waals surface area (Å²) in [6.07, 6.45) is 1.75. The molecule has 0 aromatic heterocycles. The summed E-state index contributed by atoms with van der Waals surface area (Å²) in [6.45, 7) is 2.28. The van der Waals surface area contributed by atoms with Gasteiger partial charge in [0.05, 0.1) is 18.1 Å². The van der Waals surface area contributed by atoms with Crippen molar-refractivity contribution in [1.29, 1.82) is 0 Å². The van der Waals surface area contributed by atoms with Gasteiger partial charge >= 0.3 is 5.97 Å². The number of carbonyl (C=O) groups is 2. The van der Waals surface area contributed by atoms with Crippen LogP contribution in [0.4, 0.5) is 0 Å². The molecule has 6 nitrogen and oxygen atoms in total. The van der Waals surface area contributed by atoms with Crippen molar-refractivity contribution in [1.82, 2.24) is 4.90 Å². The summed E-state index contributed by atoms with van der Waals surface area (Å²) in [6, 6.07) is 0. The third-order valence-electron chi connectivity index (χ3n) is 4.01. The van der Waals surface area contributed by atoms with Gasteiger partial charge in [-0.05, 0) is 19.8 Å². The second-order valence-electron chi connectivity index (χ2n) is 5.40. The lowest BCUT2D eigenvalue weighted by Crippen LogP contribution is -2.60. The van der Waals surface area contributed by atoms with E-state index in [1.54, 1.807) is 6.92 Å². The number of carboxylic acids is 1. The zero-order valence-corrected chi connectivity index (χ0v) is 11.9. The van der Waals surface area contributed by atoms with Crippen LogP contribution in [-0.4, -0.2) is 51.2 Å². The molecule has 3 heterocycles. The third kappa shape index (κ3) is 2.04. The molecule has 2 N–H and O–H groups in total. The van der Waals surface area contributed by atoms with Gasteiger partial charge < -0.3 is 14.9 Å². The molecule has 0 radical (unpaired) electrons. The second-order valence-corrected chi connectivity index (χ2v) is 6.61. The molecule has 0 saturated carbocycles. The molecule has 0 spiro atoms. The van der Waals surface area contributed by atoms with E-state index >= 15 is 0 Å². The first-order chi connectivity index (χ1) is 9.50. The molecule has 0 aromatic rings. The molecule has 110 valence electrons. The molecule has 7 heteroatoms. The molecule has 2 saturated heterocycles. The van der Waals surface area contributed by atoms with Crippen molar-refractivity contribution in [3.8, 4) is 0 Å². The van der Waals surface area contributed by atoms with E-state index in [0.717, 1.165) is 12.8 Å². The van der Waals surface area contributed by atoms with Gasteiger partial charge in [-0.25, -0.2) is 4.79 Å². The predicted molar refractivity (Wildman–Crippen MR) is 71.6 cm³/mol. The highest BCUT2D eigenvalue weighted by Gasteiger charge is 2.57. The van der Waals surface area contributed by atoms with E-state index in [4.69, 9.17) is 4.74 Å². The van der Waals surface area contributed by atoms with Gasteiger partial charge in [-0.2, -0.15) is 0 Å². The monoisotopic (exact) mass is 299 g/mol. The smallest absolute Gasteiger partial charge is 0.353 e. The Morgan fingerprint density at radius 3 is 2.90 bits per heavy atom. The minimum Gasteiger partial charge on any atom is -0.477 e. The number of fused-ring (bicyclic) bond motifs is 1. The van der Waals surface area contributed by atoms with Gasteiger partial charge in [0, 0.05) is 17.9 Å². The number of aliphatic carboxylic acids is 1. The van der Waals surface area contributed by atoms with Crippen molar-refractivity contribution >= 4 is 23.6 Å². The number of amides is 1. The van der Waals surface area contributed by atoms with Crippen LogP contribution in [0.25, 0.3) is 0 Å². The van der Waals surface area contributed by atoms with E-state index in [9.17, 15) is 19.8 Å². The summed E-state index contributed by atoms with van der Waals surface area (Å²) in [4.78, 5) is 25.4. The molecule has 0 bridgehead atoms. The Balaban J connectivity index is 1.81. The normalized spacial score (nSPS) is 34.2. The van der Waals surface area contributed by atoms with Gasteiger partial charge in [-0.15, -0.1) is 11.8 Å². The zero-order valence-electron chi connectivity index (χ0n) is 11.1. The number of rotatable bonds is 4. The van der Waals surface area contributed by atoms with E-state index in [0.29, 0.717) is 17.9 Å². The van der Waals surface area contributed by atoms with Crippen LogP contribution in [0.5, 0.6) is 0 Å². The molecule has 0 aliphatic carbocycles. The first kappa shape index (κ1) is 13.9. The van der Waals surface area contributed by atoms with Gasteiger partial charge in [0.25, 0.3) is 0 Å². The largest absolute Gasteiger partial charge is 0.477 e. The second kappa shape index (κ2) is 5.05. The number of hydrogen-bond donors (Lipinski definition) is 2. The molecule has 4 atom stereocenters. The summed E-state index contributed by atoms with van der Waals surface area (Å²) in [5, 5.41) is 18.7. The number of carbonyl (C=O) groups excluding carboxylic acids is 1.